The van der Waals surface area contributed by atoms with Gasteiger partial charge in [-0.25, -0.2) is 4.98 Å². The quantitative estimate of drug-likeness (QED) is 0.244. The van der Waals surface area contributed by atoms with E-state index in [0.29, 0.717) is 39.8 Å². The SMILES string of the molecule is Cc1ccc(C(CC(=O)O)c2ccn3c(C(F)(F)F)nnc3c2C)nc1CN1C[C@@H]2CCCCN2c2ncccc2S1(O)O. The van der Waals surface area contributed by atoms with Crippen molar-refractivity contribution in [3.63, 3.8) is 0 Å². The van der Waals surface area contributed by atoms with Gasteiger partial charge in [0.2, 0.25) is 5.82 Å². The van der Waals surface area contributed by atoms with Crippen molar-refractivity contribution in [3.05, 3.63) is 76.6 Å². The molecule has 2 aliphatic rings. The number of rotatable bonds is 6. The molecule has 4 aromatic heterocycles. The fourth-order valence-electron chi connectivity index (χ4n) is 6.24. The number of nitrogens with zero attached hydrogens (tertiary/aromatic N) is 7. The predicted molar refractivity (Wildman–Crippen MR) is 157 cm³/mol. The van der Waals surface area contributed by atoms with Crippen LogP contribution in [0.2, 0.25) is 0 Å². The molecular weight excluding hydrogens is 599 g/mol. The summed E-state index contributed by atoms with van der Waals surface area (Å²) in [5.41, 5.74) is 2.49. The molecule has 11 nitrogen and oxygen atoms in total. The van der Waals surface area contributed by atoms with Gasteiger partial charge in [-0.05, 0) is 74.1 Å². The Balaban J connectivity index is 1.39. The van der Waals surface area contributed by atoms with Gasteiger partial charge < -0.3 is 10.0 Å². The van der Waals surface area contributed by atoms with Gasteiger partial charge in [0.15, 0.2) is 11.5 Å². The second-order valence-corrected chi connectivity index (χ2v) is 13.3. The van der Waals surface area contributed by atoms with E-state index in [9.17, 15) is 32.2 Å². The molecule has 44 heavy (non-hydrogen) atoms. The molecule has 3 N–H and O–H groups in total. The number of carboxylic acids is 1. The number of carbonyl (C=O) groups is 1. The van der Waals surface area contributed by atoms with Gasteiger partial charge in [-0.1, -0.05) is 6.07 Å². The first-order valence-corrected chi connectivity index (χ1v) is 15.7. The van der Waals surface area contributed by atoms with Crippen molar-refractivity contribution < 1.29 is 32.2 Å². The molecule has 0 amide bonds. The summed E-state index contributed by atoms with van der Waals surface area (Å²) < 4.78 is 66.1. The third-order valence-electron chi connectivity index (χ3n) is 8.50. The molecule has 234 valence electrons. The number of aromatic nitrogens is 5. The second kappa shape index (κ2) is 11.3. The highest BCUT2D eigenvalue weighted by atomic mass is 32.3. The highest BCUT2D eigenvalue weighted by Crippen LogP contribution is 2.57. The third kappa shape index (κ3) is 5.38. The number of pyridine rings is 3. The lowest BCUT2D eigenvalue weighted by molar-refractivity contribution is -0.145. The van der Waals surface area contributed by atoms with Gasteiger partial charge in [-0.2, -0.15) is 17.5 Å². The molecule has 0 radical (unpaired) electrons. The number of aliphatic carboxylic acids is 1. The zero-order chi connectivity index (χ0) is 31.4. The van der Waals surface area contributed by atoms with E-state index >= 15 is 0 Å². The first-order valence-electron chi connectivity index (χ1n) is 14.2. The maximum absolute atomic E-state index is 13.5. The lowest BCUT2D eigenvalue weighted by Gasteiger charge is -2.42. The molecule has 0 saturated carbocycles. The largest absolute Gasteiger partial charge is 0.481 e. The zero-order valence-corrected chi connectivity index (χ0v) is 24.9. The Kier molecular flexibility index (Phi) is 7.76. The first kappa shape index (κ1) is 30.2. The van der Waals surface area contributed by atoms with E-state index in [2.05, 4.69) is 20.1 Å². The summed E-state index contributed by atoms with van der Waals surface area (Å²) in [6, 6.07) is 8.34. The molecule has 0 spiro atoms. The highest BCUT2D eigenvalue weighted by Gasteiger charge is 2.40. The zero-order valence-electron chi connectivity index (χ0n) is 24.1. The molecule has 2 aliphatic heterocycles. The molecular formula is C29H32F3N7O4S. The fraction of sp³-hybridized carbons (Fsp3) is 0.414. The summed E-state index contributed by atoms with van der Waals surface area (Å²) in [4.78, 5) is 23.9. The van der Waals surface area contributed by atoms with Gasteiger partial charge >= 0.3 is 12.1 Å². The minimum Gasteiger partial charge on any atom is -0.481 e. The minimum absolute atomic E-state index is 0.0217. The lowest BCUT2D eigenvalue weighted by Crippen LogP contribution is -2.45. The normalized spacial score (nSPS) is 20.1. The lowest BCUT2D eigenvalue weighted by atomic mass is 9.89. The molecule has 15 heteroatoms. The van der Waals surface area contributed by atoms with E-state index in [1.165, 1.54) is 12.3 Å². The fourth-order valence-corrected chi connectivity index (χ4v) is 7.88. The summed E-state index contributed by atoms with van der Waals surface area (Å²) >= 11 is 0. The third-order valence-corrected chi connectivity index (χ3v) is 10.4. The van der Waals surface area contributed by atoms with Crippen molar-refractivity contribution in [2.45, 2.75) is 69.1 Å². The summed E-state index contributed by atoms with van der Waals surface area (Å²) in [7, 11) is -3.45. The van der Waals surface area contributed by atoms with E-state index in [-0.39, 0.29) is 24.7 Å². The summed E-state index contributed by atoms with van der Waals surface area (Å²) in [5.74, 6) is -2.52. The van der Waals surface area contributed by atoms with E-state index in [0.717, 1.165) is 35.8 Å². The minimum atomic E-state index is -4.71. The average molecular weight is 632 g/mol. The summed E-state index contributed by atoms with van der Waals surface area (Å²) in [6.45, 7) is 4.64. The predicted octanol–water partition coefficient (Wildman–Crippen LogP) is 5.66. The number of fused-ring (bicyclic) bond motifs is 4. The Morgan fingerprint density at radius 2 is 1.93 bits per heavy atom. The number of hydrogen-bond acceptors (Lipinski definition) is 9. The smallest absolute Gasteiger partial charge is 0.452 e. The average Bonchev–Trinajstić information content (AvgIpc) is 3.40. The topological polar surface area (TPSA) is 140 Å². The van der Waals surface area contributed by atoms with Crippen LogP contribution in [0.15, 0.2) is 47.6 Å². The number of halogens is 3. The maximum atomic E-state index is 13.5. The van der Waals surface area contributed by atoms with Gasteiger partial charge in [-0.15, -0.1) is 21.0 Å². The molecule has 0 aromatic carbocycles. The van der Waals surface area contributed by atoms with Crippen LogP contribution in [0.1, 0.15) is 65.5 Å². The molecule has 1 fully saturated rings. The van der Waals surface area contributed by atoms with Crippen molar-refractivity contribution in [1.29, 1.82) is 0 Å². The Labute approximate surface area is 252 Å². The monoisotopic (exact) mass is 631 g/mol. The first-order chi connectivity index (χ1) is 20.9. The van der Waals surface area contributed by atoms with Crippen LogP contribution in [-0.4, -0.2) is 68.2 Å². The Bertz CT molecular complexity index is 1730. The molecule has 4 aromatic rings. The van der Waals surface area contributed by atoms with Crippen LogP contribution < -0.4 is 4.90 Å². The van der Waals surface area contributed by atoms with Crippen LogP contribution in [-0.2, 0) is 17.5 Å². The Morgan fingerprint density at radius 1 is 1.14 bits per heavy atom. The van der Waals surface area contributed by atoms with Crippen LogP contribution in [0.3, 0.4) is 0 Å². The van der Waals surface area contributed by atoms with Crippen LogP contribution in [0.25, 0.3) is 5.65 Å². The number of alkyl halides is 3. The van der Waals surface area contributed by atoms with Crippen LogP contribution in [0, 0.1) is 13.8 Å². The summed E-state index contributed by atoms with van der Waals surface area (Å²) in [6.07, 6.45) is 0.624. The van der Waals surface area contributed by atoms with Crippen molar-refractivity contribution in [2.75, 3.05) is 18.0 Å². The Morgan fingerprint density at radius 3 is 2.68 bits per heavy atom. The van der Waals surface area contributed by atoms with Gasteiger partial charge in [0.25, 0.3) is 0 Å². The van der Waals surface area contributed by atoms with Crippen molar-refractivity contribution >= 4 is 28.2 Å². The number of piperidine rings is 1. The standard InChI is InChI=1S/C29H32F3N7O4S/c1-17-8-9-22(21(14-25(40)41)20-10-13-39-26(18(20)2)35-36-28(39)29(30,31)32)34-23(17)16-37-15-19-6-3-4-12-38(19)27-24(44(37,42)43)7-5-11-33-27/h5,7-11,13,19,21,42-43H,3-4,6,12,14-16H2,1-2H3,(H,40,41)/t19-,21?/m0/s1. The number of anilines is 1. The second-order valence-electron chi connectivity index (χ2n) is 11.3. The van der Waals surface area contributed by atoms with Gasteiger partial charge in [0, 0.05) is 43.1 Å². The molecule has 1 saturated heterocycles. The number of aryl methyl sites for hydroxylation is 2. The van der Waals surface area contributed by atoms with Gasteiger partial charge in [0.05, 0.1) is 18.7 Å². The molecule has 6 heterocycles. The molecule has 2 atom stereocenters. The van der Waals surface area contributed by atoms with Gasteiger partial charge in [-0.3, -0.25) is 23.3 Å². The van der Waals surface area contributed by atoms with Crippen LogP contribution >= 0.6 is 10.8 Å². The van der Waals surface area contributed by atoms with Crippen molar-refractivity contribution in [2.24, 2.45) is 0 Å². The van der Waals surface area contributed by atoms with Gasteiger partial charge in [0.1, 0.15) is 4.90 Å². The molecule has 0 bridgehead atoms. The van der Waals surface area contributed by atoms with Crippen molar-refractivity contribution in [1.82, 2.24) is 28.9 Å². The Hall–Kier alpha value is -3.79. The maximum Gasteiger partial charge on any atom is 0.452 e. The van der Waals surface area contributed by atoms with Crippen LogP contribution in [0.5, 0.6) is 0 Å². The molecule has 1 unspecified atom stereocenters. The summed E-state index contributed by atoms with van der Waals surface area (Å²) in [5, 5.41) is 16.9. The molecule has 0 aliphatic carbocycles. The van der Waals surface area contributed by atoms with E-state index in [4.69, 9.17) is 4.98 Å². The van der Waals surface area contributed by atoms with E-state index in [1.807, 2.05) is 6.92 Å². The number of hydrogen-bond donors (Lipinski definition) is 3. The highest BCUT2D eigenvalue weighted by molar-refractivity contribution is 8.22. The van der Waals surface area contributed by atoms with E-state index in [1.54, 1.807) is 41.7 Å². The van der Waals surface area contributed by atoms with Crippen LogP contribution in [0.4, 0.5) is 19.0 Å². The van der Waals surface area contributed by atoms with E-state index < -0.39 is 34.7 Å². The van der Waals surface area contributed by atoms with Crippen molar-refractivity contribution in [3.8, 4) is 0 Å². The number of carboxylic acid groups (broad SMARTS) is 1. The molecule has 6 rings (SSSR count).